The number of aromatic nitrogens is 6. The zero-order valence-corrected chi connectivity index (χ0v) is 28.3. The van der Waals surface area contributed by atoms with Crippen LogP contribution in [0.15, 0.2) is 92.8 Å². The van der Waals surface area contributed by atoms with Gasteiger partial charge in [-0.15, -0.1) is 5.10 Å². The molecule has 0 radical (unpaired) electrons. The quantitative estimate of drug-likeness (QED) is 0.0653. The van der Waals surface area contributed by atoms with Gasteiger partial charge >= 0.3 is 5.97 Å². The second kappa shape index (κ2) is 13.1. The van der Waals surface area contributed by atoms with Crippen molar-refractivity contribution in [3.8, 4) is 39.8 Å². The number of phenols is 1. The second-order valence-corrected chi connectivity index (χ2v) is 12.4. The minimum Gasteiger partial charge on any atom is -0.508 e. The molecule has 4 aromatic heterocycles. The van der Waals surface area contributed by atoms with E-state index in [1.54, 1.807) is 51.9 Å². The predicted octanol–water partition coefficient (Wildman–Crippen LogP) is 5.73. The number of nitrogens with one attached hydrogen (secondary N) is 3. The van der Waals surface area contributed by atoms with E-state index < -0.39 is 5.97 Å². The van der Waals surface area contributed by atoms with Gasteiger partial charge in [-0.1, -0.05) is 6.07 Å². The fourth-order valence-corrected chi connectivity index (χ4v) is 6.34. The van der Waals surface area contributed by atoms with Crippen molar-refractivity contribution in [1.29, 1.82) is 0 Å². The lowest BCUT2D eigenvalue weighted by Crippen LogP contribution is -2.29. The topological polar surface area (TPSA) is 198 Å². The summed E-state index contributed by atoms with van der Waals surface area (Å²) in [6, 6.07) is 17.4. The van der Waals surface area contributed by atoms with E-state index in [2.05, 4.69) is 36.1 Å². The Morgan fingerprint density at radius 2 is 1.79 bits per heavy atom. The normalized spacial score (nSPS) is 11.5. The molecule has 5 N–H and O–H groups in total. The Bertz CT molecular complexity index is 2680. The molecule has 5 heterocycles. The highest BCUT2D eigenvalue weighted by atomic mass is 32.1. The minimum absolute atomic E-state index is 0.0159. The van der Waals surface area contributed by atoms with Gasteiger partial charge in [0, 0.05) is 60.7 Å². The van der Waals surface area contributed by atoms with Crippen LogP contribution in [-0.4, -0.2) is 63.7 Å². The molecule has 15 nitrogen and oxygen atoms in total. The summed E-state index contributed by atoms with van der Waals surface area (Å²) in [6.45, 7) is 1.15. The molecule has 8 rings (SSSR count). The van der Waals surface area contributed by atoms with Gasteiger partial charge in [-0.2, -0.15) is 14.6 Å². The summed E-state index contributed by atoms with van der Waals surface area (Å²) in [5.41, 5.74) is 3.25. The maximum Gasteiger partial charge on any atom is 0.336 e. The number of aromatic carboxylic acids is 1. The van der Waals surface area contributed by atoms with Gasteiger partial charge in [0.15, 0.2) is 27.6 Å². The predicted molar refractivity (Wildman–Crippen MR) is 198 cm³/mol. The van der Waals surface area contributed by atoms with E-state index in [1.807, 2.05) is 13.2 Å². The van der Waals surface area contributed by atoms with Crippen molar-refractivity contribution < 1.29 is 23.8 Å². The number of nitrogens with zero attached hydrogens (tertiary/aromatic N) is 6. The van der Waals surface area contributed by atoms with Crippen LogP contribution in [0.5, 0.6) is 5.75 Å². The maximum atomic E-state index is 12.6. The first-order valence-electron chi connectivity index (χ1n) is 16.2. The van der Waals surface area contributed by atoms with Crippen LogP contribution in [0.4, 0.5) is 11.6 Å². The third-order valence-electron chi connectivity index (χ3n) is 8.44. The fraction of sp³-hybridized carbons (Fsp3) is 0.139. The summed E-state index contributed by atoms with van der Waals surface area (Å²) in [7, 11) is 1.83. The van der Waals surface area contributed by atoms with Gasteiger partial charge in [0.05, 0.1) is 17.2 Å². The number of carboxylic acid groups (broad SMARTS) is 1. The zero-order chi connectivity index (χ0) is 35.9. The molecule has 2 aliphatic rings. The zero-order valence-electron chi connectivity index (χ0n) is 27.5. The van der Waals surface area contributed by atoms with Crippen molar-refractivity contribution >= 4 is 62.6 Å². The average Bonchev–Trinajstić information content (AvgIpc) is 3.88. The molecule has 52 heavy (non-hydrogen) atoms. The SMILES string of the molecule is Cn1cc2c(nc(NCCCCNC(=S)Nc3ccc(-c4c5ccc(=O)cc-5oc5cc(O)ccc45)c(C(=O)O)c3)n3nc(-c4ccco4)nc23)n1. The number of hydrogen-bond donors (Lipinski definition) is 5. The molecule has 0 unspecified atom stereocenters. The van der Waals surface area contributed by atoms with Gasteiger partial charge < -0.3 is 35.0 Å². The van der Waals surface area contributed by atoms with Crippen LogP contribution in [0.3, 0.4) is 0 Å². The number of hydrogen-bond acceptors (Lipinski definition) is 11. The van der Waals surface area contributed by atoms with Gasteiger partial charge in [-0.05, 0) is 79.2 Å². The van der Waals surface area contributed by atoms with Crippen LogP contribution in [-0.2, 0) is 7.05 Å². The summed E-state index contributed by atoms with van der Waals surface area (Å²) >= 11 is 5.52. The largest absolute Gasteiger partial charge is 0.508 e. The average molecular weight is 716 g/mol. The van der Waals surface area contributed by atoms with E-state index in [0.717, 1.165) is 18.2 Å². The Kier molecular flexibility index (Phi) is 8.19. The lowest BCUT2D eigenvalue weighted by molar-refractivity contribution is 0.0697. The standard InChI is InChI=1S/C36H29N9O6S/c1-44-18-26-31(42-44)41-35(45-33(26)40-32(43-45)27-5-4-14-50-27)37-12-2-3-13-38-36(52)39-19-6-9-22(25(15-19)34(48)49)30-23-10-7-20(46)16-28(23)51-29-17-21(47)8-11-24(29)30/h4-11,14-18,46H,2-3,12-13H2,1H3,(H,48,49)(H,37,41,42)(H2,38,39,52). The molecular formula is C36H29N9O6S. The van der Waals surface area contributed by atoms with Crippen molar-refractivity contribution in [1.82, 2.24) is 34.7 Å². The van der Waals surface area contributed by atoms with Crippen LogP contribution >= 0.6 is 12.2 Å². The Morgan fingerprint density at radius 1 is 0.942 bits per heavy atom. The number of carboxylic acids is 1. The molecule has 260 valence electrons. The van der Waals surface area contributed by atoms with Gasteiger partial charge in [0.2, 0.25) is 11.8 Å². The van der Waals surface area contributed by atoms with E-state index in [1.165, 1.54) is 30.3 Å². The van der Waals surface area contributed by atoms with Gasteiger partial charge in [-0.3, -0.25) is 9.48 Å². The van der Waals surface area contributed by atoms with Crippen molar-refractivity contribution in [3.63, 3.8) is 0 Å². The van der Waals surface area contributed by atoms with Crippen molar-refractivity contribution in [2.45, 2.75) is 12.8 Å². The number of phenolic OH excluding ortho intramolecular Hbond substituents is 1. The highest BCUT2D eigenvalue weighted by Crippen LogP contribution is 2.42. The molecule has 0 saturated carbocycles. The lowest BCUT2D eigenvalue weighted by Gasteiger charge is -2.18. The summed E-state index contributed by atoms with van der Waals surface area (Å²) in [6.07, 6.45) is 4.96. The first kappa shape index (κ1) is 32.4. The summed E-state index contributed by atoms with van der Waals surface area (Å²) in [5.74, 6) is 0.601. The van der Waals surface area contributed by atoms with Crippen LogP contribution in [0, 0.1) is 0 Å². The van der Waals surface area contributed by atoms with Crippen LogP contribution < -0.4 is 21.4 Å². The van der Waals surface area contributed by atoms with E-state index in [9.17, 15) is 19.8 Å². The summed E-state index contributed by atoms with van der Waals surface area (Å²) < 4.78 is 14.7. The summed E-state index contributed by atoms with van der Waals surface area (Å²) in [4.78, 5) is 34.0. The minimum atomic E-state index is -1.15. The van der Waals surface area contributed by atoms with Crippen LogP contribution in [0.1, 0.15) is 23.2 Å². The van der Waals surface area contributed by atoms with Crippen molar-refractivity contribution in [2.24, 2.45) is 7.05 Å². The van der Waals surface area contributed by atoms with Crippen LogP contribution in [0.2, 0.25) is 0 Å². The highest BCUT2D eigenvalue weighted by molar-refractivity contribution is 7.80. The van der Waals surface area contributed by atoms with Gasteiger partial charge in [0.25, 0.3) is 0 Å². The number of furan rings is 1. The third-order valence-corrected chi connectivity index (χ3v) is 8.68. The number of aryl methyl sites for hydroxylation is 1. The second-order valence-electron chi connectivity index (χ2n) is 12.0. The number of anilines is 2. The molecule has 0 fully saturated rings. The first-order chi connectivity index (χ1) is 25.2. The molecule has 0 amide bonds. The van der Waals surface area contributed by atoms with E-state index in [4.69, 9.17) is 21.1 Å². The number of aromatic hydroxyl groups is 1. The van der Waals surface area contributed by atoms with Gasteiger partial charge in [-0.25, -0.2) is 9.78 Å². The first-order valence-corrected chi connectivity index (χ1v) is 16.6. The van der Waals surface area contributed by atoms with E-state index in [-0.39, 0.29) is 22.5 Å². The fourth-order valence-electron chi connectivity index (χ4n) is 6.12. The van der Waals surface area contributed by atoms with E-state index in [0.29, 0.717) is 80.4 Å². The Hall–Kier alpha value is -6.81. The molecule has 0 saturated heterocycles. The third kappa shape index (κ3) is 6.11. The molecule has 0 bridgehead atoms. The van der Waals surface area contributed by atoms with Crippen LogP contribution in [0.25, 0.3) is 61.7 Å². The molecule has 1 aliphatic carbocycles. The van der Waals surface area contributed by atoms with Crippen molar-refractivity contribution in [3.05, 3.63) is 95.0 Å². The Balaban J connectivity index is 0.929. The number of thiocarbonyl (C=S) groups is 1. The molecule has 0 atom stereocenters. The van der Waals surface area contributed by atoms with Gasteiger partial charge in [0.1, 0.15) is 17.1 Å². The molecule has 1 aliphatic heterocycles. The molecular weight excluding hydrogens is 687 g/mol. The molecule has 6 aromatic rings. The summed E-state index contributed by atoms with van der Waals surface area (Å²) in [5, 5.41) is 40.7. The van der Waals surface area contributed by atoms with Crippen molar-refractivity contribution in [2.75, 3.05) is 23.7 Å². The lowest BCUT2D eigenvalue weighted by atomic mass is 9.90. The monoisotopic (exact) mass is 715 g/mol. The number of benzene rings is 3. The number of carbonyl (C=O) groups is 1. The maximum absolute atomic E-state index is 12.6. The Labute approximate surface area is 298 Å². The number of unbranched alkanes of at least 4 members (excludes halogenated alkanes) is 1. The highest BCUT2D eigenvalue weighted by Gasteiger charge is 2.23. The smallest absolute Gasteiger partial charge is 0.336 e. The molecule has 0 spiro atoms. The number of fused-ring (bicyclic) bond motifs is 5. The van der Waals surface area contributed by atoms with E-state index >= 15 is 0 Å². The number of rotatable bonds is 10. The molecule has 16 heteroatoms. The molecule has 2 aromatic carbocycles. The Morgan fingerprint density at radius 3 is 2.62 bits per heavy atom.